The van der Waals surface area contributed by atoms with Crippen molar-refractivity contribution in [1.82, 2.24) is 0 Å². The van der Waals surface area contributed by atoms with Gasteiger partial charge in [-0.25, -0.2) is 0 Å². The van der Waals surface area contributed by atoms with Crippen LogP contribution in [0.3, 0.4) is 0 Å². The van der Waals surface area contributed by atoms with Gasteiger partial charge in [-0.2, -0.15) is 0 Å². The smallest absolute Gasteiger partial charge is 0.133 e. The number of carbonyl (C=O) groups excluding carboxylic acids is 1. The lowest BCUT2D eigenvalue weighted by Crippen LogP contribution is -2.03. The van der Waals surface area contributed by atoms with Crippen molar-refractivity contribution < 1.29 is 4.79 Å². The summed E-state index contributed by atoms with van der Waals surface area (Å²) in [5.74, 6) is 1.22. The van der Waals surface area contributed by atoms with Gasteiger partial charge in [0.25, 0.3) is 0 Å². The number of hydrogen-bond acceptors (Lipinski definition) is 3. The largest absolute Gasteiger partial charge is 0.302 e. The molecular weight excluding hydrogens is 188 g/mol. The molecule has 1 fully saturated rings. The highest BCUT2D eigenvalue weighted by atomic mass is 33.1. The number of carbonyl (C=O) groups is 1. The van der Waals surface area contributed by atoms with E-state index in [1.54, 1.807) is 10.8 Å². The predicted molar refractivity (Wildman–Crippen MR) is 57.6 cm³/mol. The Bertz CT molecular complexity index is 118. The van der Waals surface area contributed by atoms with Crippen LogP contribution < -0.4 is 0 Å². The molecule has 70 valence electrons. The monoisotopic (exact) mass is 204 g/mol. The van der Waals surface area contributed by atoms with Crippen LogP contribution in [0.25, 0.3) is 0 Å². The lowest BCUT2D eigenvalue weighted by atomic mass is 10.1. The molecule has 1 unspecified atom stereocenters. The molecule has 0 amide bonds. The quantitative estimate of drug-likeness (QED) is 0.482. The third kappa shape index (κ3) is 4.41. The molecule has 1 aliphatic rings. The van der Waals surface area contributed by atoms with E-state index < -0.39 is 0 Å². The zero-order valence-corrected chi connectivity index (χ0v) is 8.96. The van der Waals surface area contributed by atoms with Crippen molar-refractivity contribution in [3.8, 4) is 0 Å². The van der Waals surface area contributed by atoms with Crippen molar-refractivity contribution >= 4 is 27.9 Å². The van der Waals surface area contributed by atoms with Gasteiger partial charge in [-0.05, 0) is 12.8 Å². The molecule has 0 aromatic carbocycles. The minimum atomic E-state index is 0.257. The molecule has 0 saturated carbocycles. The lowest BCUT2D eigenvalue weighted by molar-refractivity contribution is -0.107. The fourth-order valence-corrected chi connectivity index (χ4v) is 3.80. The molecule has 0 aromatic rings. The minimum Gasteiger partial charge on any atom is -0.302 e. The van der Waals surface area contributed by atoms with Gasteiger partial charge in [-0.3, -0.25) is 0 Å². The molecular formula is C9H16OS2. The Morgan fingerprint density at radius 3 is 2.67 bits per heavy atom. The first-order valence-electron chi connectivity index (χ1n) is 4.67. The summed E-state index contributed by atoms with van der Waals surface area (Å²) in [6.45, 7) is 0. The number of rotatable bonds is 1. The van der Waals surface area contributed by atoms with Gasteiger partial charge in [0.2, 0.25) is 0 Å². The molecule has 12 heavy (non-hydrogen) atoms. The molecule has 0 spiro atoms. The van der Waals surface area contributed by atoms with Crippen LogP contribution in [0.15, 0.2) is 0 Å². The van der Waals surface area contributed by atoms with Crippen molar-refractivity contribution in [2.75, 3.05) is 5.75 Å². The summed E-state index contributed by atoms with van der Waals surface area (Å²) in [6.07, 6.45) is 8.80. The standard InChI is InChI=1S/C9H16OS2/c10-8-9-6-4-2-1-3-5-7-11-12-9/h8-9H,1-7H2. The van der Waals surface area contributed by atoms with E-state index in [0.29, 0.717) is 0 Å². The Morgan fingerprint density at radius 1 is 1.08 bits per heavy atom. The van der Waals surface area contributed by atoms with Gasteiger partial charge in [0.05, 0.1) is 5.25 Å². The van der Waals surface area contributed by atoms with Crippen molar-refractivity contribution in [3.05, 3.63) is 0 Å². The second kappa shape index (κ2) is 6.84. The topological polar surface area (TPSA) is 17.1 Å². The van der Waals surface area contributed by atoms with Crippen LogP contribution >= 0.6 is 21.6 Å². The van der Waals surface area contributed by atoms with E-state index in [1.807, 2.05) is 10.8 Å². The van der Waals surface area contributed by atoms with Crippen LogP contribution in [0, 0.1) is 0 Å². The van der Waals surface area contributed by atoms with Gasteiger partial charge in [0, 0.05) is 5.75 Å². The van der Waals surface area contributed by atoms with Crippen LogP contribution in [-0.2, 0) is 4.79 Å². The zero-order chi connectivity index (χ0) is 8.65. The van der Waals surface area contributed by atoms with Crippen LogP contribution in [0.4, 0.5) is 0 Å². The molecule has 3 heteroatoms. The normalized spacial score (nSPS) is 27.8. The first-order valence-corrected chi connectivity index (χ1v) is 7.05. The fraction of sp³-hybridized carbons (Fsp3) is 0.889. The summed E-state index contributed by atoms with van der Waals surface area (Å²) in [4.78, 5) is 10.6. The van der Waals surface area contributed by atoms with E-state index in [0.717, 1.165) is 12.7 Å². The lowest BCUT2D eigenvalue weighted by Gasteiger charge is -2.11. The molecule has 0 radical (unpaired) electrons. The zero-order valence-electron chi connectivity index (χ0n) is 7.33. The Kier molecular flexibility index (Phi) is 5.96. The third-order valence-electron chi connectivity index (χ3n) is 2.06. The summed E-state index contributed by atoms with van der Waals surface area (Å²) >= 11 is 0. The van der Waals surface area contributed by atoms with Crippen LogP contribution in [0.2, 0.25) is 0 Å². The fourth-order valence-electron chi connectivity index (χ4n) is 1.31. The average Bonchev–Trinajstić information content (AvgIpc) is 2.14. The van der Waals surface area contributed by atoms with E-state index in [9.17, 15) is 4.79 Å². The second-order valence-electron chi connectivity index (χ2n) is 3.15. The van der Waals surface area contributed by atoms with Crippen LogP contribution in [-0.4, -0.2) is 17.3 Å². The predicted octanol–water partition coefficient (Wildman–Crippen LogP) is 3.29. The molecule has 1 saturated heterocycles. The van der Waals surface area contributed by atoms with E-state index in [1.165, 1.54) is 37.9 Å². The van der Waals surface area contributed by atoms with Crippen molar-refractivity contribution in [1.29, 1.82) is 0 Å². The van der Waals surface area contributed by atoms with E-state index in [-0.39, 0.29) is 5.25 Å². The Labute approximate surface area is 82.5 Å². The number of aldehydes is 1. The maximum absolute atomic E-state index is 10.6. The first-order chi connectivity index (χ1) is 5.93. The molecule has 1 atom stereocenters. The van der Waals surface area contributed by atoms with Gasteiger partial charge in [-0.1, -0.05) is 47.3 Å². The molecule has 1 aliphatic heterocycles. The molecule has 0 bridgehead atoms. The second-order valence-corrected chi connectivity index (χ2v) is 5.88. The molecule has 1 nitrogen and oxygen atoms in total. The average molecular weight is 204 g/mol. The Balaban J connectivity index is 2.21. The minimum absolute atomic E-state index is 0.257. The van der Waals surface area contributed by atoms with Crippen LogP contribution in [0.1, 0.15) is 38.5 Å². The van der Waals surface area contributed by atoms with Crippen molar-refractivity contribution in [3.63, 3.8) is 0 Å². The number of hydrogen-bond donors (Lipinski definition) is 0. The van der Waals surface area contributed by atoms with Crippen LogP contribution in [0.5, 0.6) is 0 Å². The summed E-state index contributed by atoms with van der Waals surface area (Å²) in [5, 5.41) is 0.257. The molecule has 0 N–H and O–H groups in total. The van der Waals surface area contributed by atoms with Gasteiger partial charge in [0.15, 0.2) is 0 Å². The Morgan fingerprint density at radius 2 is 1.83 bits per heavy atom. The molecule has 1 rings (SSSR count). The summed E-state index contributed by atoms with van der Waals surface area (Å²) in [7, 11) is 3.64. The van der Waals surface area contributed by atoms with E-state index >= 15 is 0 Å². The summed E-state index contributed by atoms with van der Waals surface area (Å²) in [6, 6.07) is 0. The van der Waals surface area contributed by atoms with Crippen molar-refractivity contribution in [2.24, 2.45) is 0 Å². The maximum atomic E-state index is 10.6. The molecule has 0 aromatic heterocycles. The van der Waals surface area contributed by atoms with Gasteiger partial charge >= 0.3 is 0 Å². The highest BCUT2D eigenvalue weighted by Crippen LogP contribution is 2.31. The van der Waals surface area contributed by atoms with Crippen molar-refractivity contribution in [2.45, 2.75) is 43.8 Å². The van der Waals surface area contributed by atoms with E-state index in [2.05, 4.69) is 0 Å². The maximum Gasteiger partial charge on any atom is 0.133 e. The Hall–Kier alpha value is 0.370. The van der Waals surface area contributed by atoms with Gasteiger partial charge in [0.1, 0.15) is 6.29 Å². The first kappa shape index (κ1) is 10.5. The molecule has 1 heterocycles. The van der Waals surface area contributed by atoms with Gasteiger partial charge < -0.3 is 4.79 Å². The SMILES string of the molecule is O=CC1CCCCCCCSS1. The highest BCUT2D eigenvalue weighted by molar-refractivity contribution is 8.77. The summed E-state index contributed by atoms with van der Waals surface area (Å²) in [5.41, 5.74) is 0. The highest BCUT2D eigenvalue weighted by Gasteiger charge is 2.08. The third-order valence-corrected chi connectivity index (χ3v) is 4.89. The van der Waals surface area contributed by atoms with Gasteiger partial charge in [-0.15, -0.1) is 0 Å². The van der Waals surface area contributed by atoms with E-state index in [4.69, 9.17) is 0 Å². The summed E-state index contributed by atoms with van der Waals surface area (Å²) < 4.78 is 0. The molecule has 0 aliphatic carbocycles.